The summed E-state index contributed by atoms with van der Waals surface area (Å²) in [5.74, 6) is 2.02. The second-order valence-corrected chi connectivity index (χ2v) is 6.08. The van der Waals surface area contributed by atoms with Gasteiger partial charge >= 0.3 is 0 Å². The molecule has 0 aliphatic carbocycles. The molecule has 0 saturated carbocycles. The van der Waals surface area contributed by atoms with Crippen LogP contribution in [0, 0.1) is 12.8 Å². The number of ether oxygens (including phenoxy) is 1. The van der Waals surface area contributed by atoms with Crippen molar-refractivity contribution in [2.45, 2.75) is 25.8 Å². The van der Waals surface area contributed by atoms with Gasteiger partial charge in [-0.15, -0.1) is 0 Å². The van der Waals surface area contributed by atoms with Crippen molar-refractivity contribution in [3.05, 3.63) is 52.9 Å². The molecule has 22 heavy (non-hydrogen) atoms. The summed E-state index contributed by atoms with van der Waals surface area (Å²) >= 11 is 6.04. The van der Waals surface area contributed by atoms with Crippen LogP contribution in [0.5, 0.6) is 0 Å². The highest BCUT2D eigenvalue weighted by molar-refractivity contribution is 6.29. The van der Waals surface area contributed by atoms with E-state index in [9.17, 15) is 0 Å². The van der Waals surface area contributed by atoms with Gasteiger partial charge in [0.25, 0.3) is 0 Å². The summed E-state index contributed by atoms with van der Waals surface area (Å²) < 4.78 is 5.51. The Hall–Kier alpha value is -1.65. The monoisotopic (exact) mass is 317 g/mol. The highest BCUT2D eigenvalue weighted by atomic mass is 35.5. The quantitative estimate of drug-likeness (QED) is 0.846. The molecule has 0 spiro atoms. The molecule has 1 aromatic carbocycles. The Kier molecular flexibility index (Phi) is 4.90. The van der Waals surface area contributed by atoms with E-state index in [2.05, 4.69) is 39.6 Å². The lowest BCUT2D eigenvalue weighted by molar-refractivity contribution is 0.183. The summed E-state index contributed by atoms with van der Waals surface area (Å²) in [6.07, 6.45) is 2.14. The molecule has 2 heterocycles. The standard InChI is InChI=1S/C17H20ClN3O/c1-12-19-16(18)10-17(20-12)21-15(9-13-7-8-22-11-13)14-5-3-2-4-6-14/h2-6,10,13,15H,7-9,11H2,1H3,(H,19,20,21). The Morgan fingerprint density at radius 2 is 2.14 bits per heavy atom. The van der Waals surface area contributed by atoms with Gasteiger partial charge in [0, 0.05) is 19.3 Å². The normalized spacial score (nSPS) is 19.1. The lowest BCUT2D eigenvalue weighted by Gasteiger charge is -2.22. The molecule has 3 rings (SSSR count). The molecule has 1 aliphatic heterocycles. The number of benzene rings is 1. The van der Waals surface area contributed by atoms with Crippen LogP contribution in [-0.4, -0.2) is 23.2 Å². The third-order valence-electron chi connectivity index (χ3n) is 3.92. The first kappa shape index (κ1) is 15.3. The lowest BCUT2D eigenvalue weighted by atomic mass is 9.94. The summed E-state index contributed by atoms with van der Waals surface area (Å²) in [7, 11) is 0. The average Bonchev–Trinajstić information content (AvgIpc) is 2.99. The van der Waals surface area contributed by atoms with Gasteiger partial charge in [-0.2, -0.15) is 0 Å². The van der Waals surface area contributed by atoms with Gasteiger partial charge in [0.1, 0.15) is 16.8 Å². The molecule has 1 aromatic heterocycles. The van der Waals surface area contributed by atoms with Gasteiger partial charge < -0.3 is 10.1 Å². The zero-order valence-corrected chi connectivity index (χ0v) is 13.4. The molecule has 1 aliphatic rings. The van der Waals surface area contributed by atoms with Crippen molar-refractivity contribution < 1.29 is 4.74 Å². The van der Waals surface area contributed by atoms with E-state index in [-0.39, 0.29) is 6.04 Å². The highest BCUT2D eigenvalue weighted by Gasteiger charge is 2.22. The number of nitrogens with zero attached hydrogens (tertiary/aromatic N) is 2. The zero-order chi connectivity index (χ0) is 15.4. The Morgan fingerprint density at radius 3 is 2.82 bits per heavy atom. The Morgan fingerprint density at radius 1 is 1.32 bits per heavy atom. The van der Waals surface area contributed by atoms with Gasteiger partial charge in [-0.05, 0) is 31.2 Å². The summed E-state index contributed by atoms with van der Waals surface area (Å²) in [4.78, 5) is 8.55. The molecular formula is C17H20ClN3O. The number of nitrogens with one attached hydrogen (secondary N) is 1. The Balaban J connectivity index is 1.81. The van der Waals surface area contributed by atoms with E-state index < -0.39 is 0 Å². The zero-order valence-electron chi connectivity index (χ0n) is 12.6. The van der Waals surface area contributed by atoms with Crippen LogP contribution in [0.15, 0.2) is 36.4 Å². The van der Waals surface area contributed by atoms with Gasteiger partial charge in [0.15, 0.2) is 0 Å². The third kappa shape index (κ3) is 3.96. The number of halogens is 1. The molecule has 0 bridgehead atoms. The van der Waals surface area contributed by atoms with Crippen molar-refractivity contribution >= 4 is 17.4 Å². The fourth-order valence-electron chi connectivity index (χ4n) is 2.85. The van der Waals surface area contributed by atoms with E-state index in [0.29, 0.717) is 16.9 Å². The van der Waals surface area contributed by atoms with E-state index in [4.69, 9.17) is 16.3 Å². The van der Waals surface area contributed by atoms with E-state index in [0.717, 1.165) is 31.9 Å². The van der Waals surface area contributed by atoms with Crippen molar-refractivity contribution in [2.24, 2.45) is 5.92 Å². The van der Waals surface area contributed by atoms with Crippen molar-refractivity contribution in [3.63, 3.8) is 0 Å². The van der Waals surface area contributed by atoms with E-state index >= 15 is 0 Å². The van der Waals surface area contributed by atoms with Crippen LogP contribution < -0.4 is 5.32 Å². The van der Waals surface area contributed by atoms with Gasteiger partial charge in [-0.3, -0.25) is 0 Å². The van der Waals surface area contributed by atoms with Gasteiger partial charge in [-0.1, -0.05) is 41.9 Å². The molecule has 5 heteroatoms. The van der Waals surface area contributed by atoms with Gasteiger partial charge in [-0.25, -0.2) is 9.97 Å². The smallest absolute Gasteiger partial charge is 0.134 e. The summed E-state index contributed by atoms with van der Waals surface area (Å²) in [6, 6.07) is 12.4. The van der Waals surface area contributed by atoms with Crippen LogP contribution in [0.25, 0.3) is 0 Å². The van der Waals surface area contributed by atoms with Crippen LogP contribution in [0.3, 0.4) is 0 Å². The summed E-state index contributed by atoms with van der Waals surface area (Å²) in [5.41, 5.74) is 1.25. The first-order valence-electron chi connectivity index (χ1n) is 7.61. The first-order chi connectivity index (χ1) is 10.7. The largest absolute Gasteiger partial charge is 0.381 e. The topological polar surface area (TPSA) is 47.0 Å². The van der Waals surface area contributed by atoms with Gasteiger partial charge in [0.2, 0.25) is 0 Å². The number of anilines is 1. The predicted molar refractivity (Wildman–Crippen MR) is 88.1 cm³/mol. The third-order valence-corrected chi connectivity index (χ3v) is 4.12. The second-order valence-electron chi connectivity index (χ2n) is 5.70. The van der Waals surface area contributed by atoms with Crippen molar-refractivity contribution in [2.75, 3.05) is 18.5 Å². The van der Waals surface area contributed by atoms with Crippen LogP contribution in [0.1, 0.15) is 30.3 Å². The van der Waals surface area contributed by atoms with Crippen LogP contribution in [-0.2, 0) is 4.74 Å². The molecule has 0 radical (unpaired) electrons. The number of hydrogen-bond donors (Lipinski definition) is 1. The summed E-state index contributed by atoms with van der Waals surface area (Å²) in [6.45, 7) is 3.55. The molecule has 0 amide bonds. The molecule has 4 nitrogen and oxygen atoms in total. The van der Waals surface area contributed by atoms with Crippen molar-refractivity contribution in [1.82, 2.24) is 9.97 Å². The molecule has 2 atom stereocenters. The van der Waals surface area contributed by atoms with E-state index in [1.54, 1.807) is 6.07 Å². The predicted octanol–water partition coefficient (Wildman–Crippen LogP) is 4.02. The number of aryl methyl sites for hydroxylation is 1. The molecule has 1 fully saturated rings. The van der Waals surface area contributed by atoms with E-state index in [1.807, 2.05) is 13.0 Å². The fraction of sp³-hybridized carbons (Fsp3) is 0.412. The Labute approximate surface area is 135 Å². The Bertz CT molecular complexity index is 594. The second kappa shape index (κ2) is 7.07. The maximum Gasteiger partial charge on any atom is 0.134 e. The number of hydrogen-bond acceptors (Lipinski definition) is 4. The van der Waals surface area contributed by atoms with E-state index in [1.165, 1.54) is 5.56 Å². The van der Waals surface area contributed by atoms with Crippen LogP contribution >= 0.6 is 11.6 Å². The minimum atomic E-state index is 0.193. The highest BCUT2D eigenvalue weighted by Crippen LogP contribution is 2.29. The molecule has 2 aromatic rings. The number of aromatic nitrogens is 2. The molecule has 2 unspecified atom stereocenters. The molecular weight excluding hydrogens is 298 g/mol. The minimum Gasteiger partial charge on any atom is -0.381 e. The van der Waals surface area contributed by atoms with Gasteiger partial charge in [0.05, 0.1) is 6.04 Å². The van der Waals surface area contributed by atoms with Crippen LogP contribution in [0.4, 0.5) is 5.82 Å². The first-order valence-corrected chi connectivity index (χ1v) is 7.99. The maximum atomic E-state index is 6.04. The fourth-order valence-corrected chi connectivity index (χ4v) is 3.08. The SMILES string of the molecule is Cc1nc(Cl)cc(NC(CC2CCOC2)c2ccccc2)n1. The summed E-state index contributed by atoms with van der Waals surface area (Å²) in [5, 5.41) is 3.98. The number of rotatable bonds is 5. The average molecular weight is 318 g/mol. The molecule has 116 valence electrons. The van der Waals surface area contributed by atoms with Crippen molar-refractivity contribution in [1.29, 1.82) is 0 Å². The van der Waals surface area contributed by atoms with Crippen LogP contribution in [0.2, 0.25) is 5.15 Å². The molecule has 1 N–H and O–H groups in total. The minimum absolute atomic E-state index is 0.193. The lowest BCUT2D eigenvalue weighted by Crippen LogP contribution is -2.17. The molecule has 1 saturated heterocycles. The maximum absolute atomic E-state index is 6.04. The van der Waals surface area contributed by atoms with Crippen molar-refractivity contribution in [3.8, 4) is 0 Å².